The SMILES string of the molecule is Nc1cc2c(cc1N)C(=O)c1cc(N)c(N)cc1C2=O. The van der Waals surface area contributed by atoms with Crippen LogP contribution in [0.4, 0.5) is 22.7 Å². The van der Waals surface area contributed by atoms with Gasteiger partial charge in [0.25, 0.3) is 0 Å². The van der Waals surface area contributed by atoms with E-state index in [1.165, 1.54) is 24.3 Å². The zero-order chi connectivity index (χ0) is 14.6. The molecule has 6 heteroatoms. The second-order valence-electron chi connectivity index (χ2n) is 4.71. The fourth-order valence-corrected chi connectivity index (χ4v) is 2.31. The lowest BCUT2D eigenvalue weighted by molar-refractivity contribution is 0.0979. The summed E-state index contributed by atoms with van der Waals surface area (Å²) in [6, 6.07) is 5.67. The van der Waals surface area contributed by atoms with Gasteiger partial charge in [-0.15, -0.1) is 0 Å². The summed E-state index contributed by atoms with van der Waals surface area (Å²) in [5.74, 6) is -0.624. The van der Waals surface area contributed by atoms with Crippen molar-refractivity contribution in [3.8, 4) is 0 Å². The first-order valence-electron chi connectivity index (χ1n) is 5.87. The van der Waals surface area contributed by atoms with Crippen LogP contribution in [0.25, 0.3) is 0 Å². The summed E-state index contributed by atoms with van der Waals surface area (Å²) in [5.41, 5.74) is 24.8. The Bertz CT molecular complexity index is 667. The van der Waals surface area contributed by atoms with E-state index in [-0.39, 0.29) is 56.6 Å². The molecule has 0 bridgehead atoms. The zero-order valence-electron chi connectivity index (χ0n) is 10.4. The molecule has 2 aromatic rings. The molecule has 3 rings (SSSR count). The smallest absolute Gasteiger partial charge is 0.194 e. The average Bonchev–Trinajstić information content (AvgIpc) is 2.41. The Labute approximate surface area is 114 Å². The number of carbonyl (C=O) groups is 2. The molecule has 0 spiro atoms. The van der Waals surface area contributed by atoms with Crippen molar-refractivity contribution in [2.75, 3.05) is 22.9 Å². The summed E-state index contributed by atoms with van der Waals surface area (Å²) in [5, 5.41) is 0. The molecule has 0 atom stereocenters. The standard InChI is InChI=1S/C14H12N4O2/c15-9-1-5-6(2-10(9)16)14(20)8-4-12(18)11(17)3-7(8)13(5)19/h1-4H,15-18H2. The number of rotatable bonds is 0. The van der Waals surface area contributed by atoms with E-state index in [0.717, 1.165) is 0 Å². The molecule has 0 amide bonds. The number of nitrogens with two attached hydrogens (primary N) is 4. The highest BCUT2D eigenvalue weighted by molar-refractivity contribution is 6.29. The van der Waals surface area contributed by atoms with Gasteiger partial charge in [-0.2, -0.15) is 0 Å². The third-order valence-corrected chi connectivity index (χ3v) is 3.42. The third kappa shape index (κ3) is 1.45. The molecule has 0 unspecified atom stereocenters. The number of hydrogen-bond acceptors (Lipinski definition) is 6. The van der Waals surface area contributed by atoms with E-state index in [0.29, 0.717) is 0 Å². The Balaban J connectivity index is 2.33. The van der Waals surface area contributed by atoms with Gasteiger partial charge in [-0.1, -0.05) is 0 Å². The van der Waals surface area contributed by atoms with E-state index in [2.05, 4.69) is 0 Å². The molecule has 0 aromatic heterocycles. The van der Waals surface area contributed by atoms with Gasteiger partial charge >= 0.3 is 0 Å². The maximum atomic E-state index is 12.4. The van der Waals surface area contributed by atoms with Gasteiger partial charge in [0.1, 0.15) is 0 Å². The molecule has 8 N–H and O–H groups in total. The summed E-state index contributed by atoms with van der Waals surface area (Å²) < 4.78 is 0. The number of ketones is 2. The van der Waals surface area contributed by atoms with Gasteiger partial charge < -0.3 is 22.9 Å². The maximum Gasteiger partial charge on any atom is 0.194 e. The molecule has 2 aromatic carbocycles. The quantitative estimate of drug-likeness (QED) is 0.444. The van der Waals surface area contributed by atoms with Crippen molar-refractivity contribution in [1.82, 2.24) is 0 Å². The Morgan fingerprint density at radius 2 is 0.700 bits per heavy atom. The molecule has 6 nitrogen and oxygen atoms in total. The van der Waals surface area contributed by atoms with Gasteiger partial charge in [-0.3, -0.25) is 9.59 Å². The minimum Gasteiger partial charge on any atom is -0.397 e. The van der Waals surface area contributed by atoms with E-state index in [4.69, 9.17) is 22.9 Å². The Morgan fingerprint density at radius 1 is 0.500 bits per heavy atom. The molecule has 100 valence electrons. The number of carbonyl (C=O) groups excluding carboxylic acids is 2. The van der Waals surface area contributed by atoms with Crippen LogP contribution < -0.4 is 22.9 Å². The van der Waals surface area contributed by atoms with Crippen LogP contribution in [0.5, 0.6) is 0 Å². The van der Waals surface area contributed by atoms with Crippen molar-refractivity contribution in [3.05, 3.63) is 46.5 Å². The van der Waals surface area contributed by atoms with Crippen LogP contribution in [-0.4, -0.2) is 11.6 Å². The molecular formula is C14H12N4O2. The van der Waals surface area contributed by atoms with Crippen LogP contribution in [0.2, 0.25) is 0 Å². The summed E-state index contributed by atoms with van der Waals surface area (Å²) in [6.45, 7) is 0. The number of anilines is 4. The minimum absolute atomic E-state index is 0.235. The van der Waals surface area contributed by atoms with Crippen LogP contribution >= 0.6 is 0 Å². The summed E-state index contributed by atoms with van der Waals surface area (Å²) in [6.07, 6.45) is 0. The van der Waals surface area contributed by atoms with Gasteiger partial charge in [0.2, 0.25) is 0 Å². The molecule has 0 heterocycles. The Morgan fingerprint density at radius 3 is 0.900 bits per heavy atom. The van der Waals surface area contributed by atoms with Crippen LogP contribution in [-0.2, 0) is 0 Å². The van der Waals surface area contributed by atoms with Crippen molar-refractivity contribution in [1.29, 1.82) is 0 Å². The fourth-order valence-electron chi connectivity index (χ4n) is 2.31. The van der Waals surface area contributed by atoms with E-state index in [9.17, 15) is 9.59 Å². The normalized spacial score (nSPS) is 13.0. The third-order valence-electron chi connectivity index (χ3n) is 3.42. The van der Waals surface area contributed by atoms with Gasteiger partial charge in [0.05, 0.1) is 22.7 Å². The van der Waals surface area contributed by atoms with Gasteiger partial charge in [0, 0.05) is 22.3 Å². The van der Waals surface area contributed by atoms with Crippen molar-refractivity contribution < 1.29 is 9.59 Å². The predicted molar refractivity (Wildman–Crippen MR) is 77.4 cm³/mol. The molecule has 0 fully saturated rings. The largest absolute Gasteiger partial charge is 0.397 e. The van der Waals surface area contributed by atoms with E-state index < -0.39 is 0 Å². The van der Waals surface area contributed by atoms with E-state index in [1.54, 1.807) is 0 Å². The van der Waals surface area contributed by atoms with Crippen LogP contribution in [0.15, 0.2) is 24.3 Å². The number of fused-ring (bicyclic) bond motifs is 2. The lowest BCUT2D eigenvalue weighted by atomic mass is 9.83. The summed E-state index contributed by atoms with van der Waals surface area (Å²) in [4.78, 5) is 24.9. The molecule has 0 saturated carbocycles. The highest BCUT2D eigenvalue weighted by atomic mass is 16.1. The lowest BCUT2D eigenvalue weighted by Gasteiger charge is -2.19. The average molecular weight is 268 g/mol. The first-order chi connectivity index (χ1) is 9.40. The summed E-state index contributed by atoms with van der Waals surface area (Å²) in [7, 11) is 0. The van der Waals surface area contributed by atoms with Crippen LogP contribution in [0, 0.1) is 0 Å². The van der Waals surface area contributed by atoms with Crippen molar-refractivity contribution >= 4 is 34.3 Å². The minimum atomic E-state index is -0.312. The number of benzene rings is 2. The number of nitrogen functional groups attached to an aromatic ring is 4. The van der Waals surface area contributed by atoms with Crippen LogP contribution in [0.1, 0.15) is 31.8 Å². The molecule has 20 heavy (non-hydrogen) atoms. The van der Waals surface area contributed by atoms with Crippen molar-refractivity contribution in [3.63, 3.8) is 0 Å². The molecular weight excluding hydrogens is 256 g/mol. The van der Waals surface area contributed by atoms with Crippen LogP contribution in [0.3, 0.4) is 0 Å². The van der Waals surface area contributed by atoms with Gasteiger partial charge in [-0.05, 0) is 24.3 Å². The molecule has 0 radical (unpaired) electrons. The second-order valence-corrected chi connectivity index (χ2v) is 4.71. The van der Waals surface area contributed by atoms with E-state index >= 15 is 0 Å². The van der Waals surface area contributed by atoms with Crippen molar-refractivity contribution in [2.45, 2.75) is 0 Å². The lowest BCUT2D eigenvalue weighted by Crippen LogP contribution is -2.22. The zero-order valence-corrected chi connectivity index (χ0v) is 10.4. The van der Waals surface area contributed by atoms with Gasteiger partial charge in [-0.25, -0.2) is 0 Å². The highest BCUT2D eigenvalue weighted by Gasteiger charge is 2.31. The molecule has 1 aliphatic carbocycles. The predicted octanol–water partition coefficient (Wildman–Crippen LogP) is 0.791. The fraction of sp³-hybridized carbons (Fsp3) is 0. The second kappa shape index (κ2) is 3.74. The monoisotopic (exact) mass is 268 g/mol. The highest BCUT2D eigenvalue weighted by Crippen LogP contribution is 2.33. The van der Waals surface area contributed by atoms with Crippen molar-refractivity contribution in [2.24, 2.45) is 0 Å². The van der Waals surface area contributed by atoms with E-state index in [1.807, 2.05) is 0 Å². The topological polar surface area (TPSA) is 138 Å². The molecule has 0 saturated heterocycles. The first kappa shape index (κ1) is 12.0. The Kier molecular flexibility index (Phi) is 2.25. The maximum absolute atomic E-state index is 12.4. The molecule has 0 aliphatic heterocycles. The van der Waals surface area contributed by atoms with Gasteiger partial charge in [0.15, 0.2) is 11.6 Å². The molecule has 1 aliphatic rings. The summed E-state index contributed by atoms with van der Waals surface area (Å²) >= 11 is 0. The Hall–Kier alpha value is -3.02. The first-order valence-corrected chi connectivity index (χ1v) is 5.87. The number of hydrogen-bond donors (Lipinski definition) is 4.